The summed E-state index contributed by atoms with van der Waals surface area (Å²) in [5, 5.41) is 3.45. The monoisotopic (exact) mass is 265 g/mol. The van der Waals surface area contributed by atoms with Crippen molar-refractivity contribution in [3.8, 4) is 11.5 Å². The van der Waals surface area contributed by atoms with Crippen LogP contribution < -0.4 is 14.8 Å². The number of hydrogen-bond acceptors (Lipinski definition) is 4. The molecule has 1 saturated heterocycles. The van der Waals surface area contributed by atoms with Gasteiger partial charge in [-0.15, -0.1) is 0 Å². The molecule has 0 radical (unpaired) electrons. The molecule has 0 saturated carbocycles. The van der Waals surface area contributed by atoms with Gasteiger partial charge in [-0.25, -0.2) is 0 Å². The molecule has 1 N–H and O–H groups in total. The molecule has 0 bridgehead atoms. The maximum atomic E-state index is 5.75. The zero-order valence-corrected chi connectivity index (χ0v) is 11.6. The predicted molar refractivity (Wildman–Crippen MR) is 74.9 cm³/mol. The van der Waals surface area contributed by atoms with Gasteiger partial charge in [-0.2, -0.15) is 0 Å². The van der Waals surface area contributed by atoms with Crippen molar-refractivity contribution in [3.63, 3.8) is 0 Å². The highest BCUT2D eigenvalue weighted by Crippen LogP contribution is 2.26. The molecule has 1 heterocycles. The van der Waals surface area contributed by atoms with Crippen molar-refractivity contribution in [2.24, 2.45) is 0 Å². The molecule has 19 heavy (non-hydrogen) atoms. The molecule has 0 aliphatic carbocycles. The van der Waals surface area contributed by atoms with Crippen LogP contribution in [0.25, 0.3) is 0 Å². The second-order valence-corrected chi connectivity index (χ2v) is 4.60. The summed E-state index contributed by atoms with van der Waals surface area (Å²) in [4.78, 5) is 0. The van der Waals surface area contributed by atoms with Crippen molar-refractivity contribution >= 4 is 0 Å². The first-order valence-corrected chi connectivity index (χ1v) is 7.06. The van der Waals surface area contributed by atoms with Crippen LogP contribution in [0.3, 0.4) is 0 Å². The van der Waals surface area contributed by atoms with E-state index in [4.69, 9.17) is 14.2 Å². The van der Waals surface area contributed by atoms with Crippen LogP contribution in [-0.2, 0) is 4.74 Å². The van der Waals surface area contributed by atoms with Gasteiger partial charge in [0.1, 0.15) is 6.61 Å². The first-order chi connectivity index (χ1) is 9.40. The van der Waals surface area contributed by atoms with Gasteiger partial charge in [0.05, 0.1) is 13.2 Å². The molecule has 4 nitrogen and oxygen atoms in total. The topological polar surface area (TPSA) is 39.7 Å². The average molecular weight is 265 g/mol. The Morgan fingerprint density at radius 2 is 2.05 bits per heavy atom. The fraction of sp³-hybridized carbons (Fsp3) is 0.600. The third-order valence-electron chi connectivity index (χ3n) is 3.10. The minimum Gasteiger partial charge on any atom is -0.490 e. The van der Waals surface area contributed by atoms with Crippen molar-refractivity contribution in [2.45, 2.75) is 25.8 Å². The first-order valence-electron chi connectivity index (χ1n) is 7.06. The molecule has 0 aromatic heterocycles. The van der Waals surface area contributed by atoms with E-state index in [2.05, 4.69) is 5.32 Å². The summed E-state index contributed by atoms with van der Waals surface area (Å²) in [6.07, 6.45) is 2.33. The highest BCUT2D eigenvalue weighted by atomic mass is 16.5. The lowest BCUT2D eigenvalue weighted by Gasteiger charge is -2.23. The van der Waals surface area contributed by atoms with Crippen molar-refractivity contribution in [3.05, 3.63) is 24.3 Å². The average Bonchev–Trinajstić information content (AvgIpc) is 2.47. The SMILES string of the molecule is CCOc1ccccc1OCCNC1CCCOC1. The van der Waals surface area contributed by atoms with Crippen LogP contribution in [0.5, 0.6) is 11.5 Å². The molecular formula is C15H23NO3. The molecule has 1 atom stereocenters. The summed E-state index contributed by atoms with van der Waals surface area (Å²) >= 11 is 0. The van der Waals surface area contributed by atoms with Crippen molar-refractivity contribution in [2.75, 3.05) is 33.0 Å². The van der Waals surface area contributed by atoms with Crippen LogP contribution in [0.4, 0.5) is 0 Å². The summed E-state index contributed by atoms with van der Waals surface area (Å²) in [5.41, 5.74) is 0. The summed E-state index contributed by atoms with van der Waals surface area (Å²) < 4.78 is 16.7. The number of benzene rings is 1. The highest BCUT2D eigenvalue weighted by Gasteiger charge is 2.12. The third kappa shape index (κ3) is 4.73. The third-order valence-corrected chi connectivity index (χ3v) is 3.10. The Balaban J connectivity index is 1.70. The van der Waals surface area contributed by atoms with Gasteiger partial charge < -0.3 is 19.5 Å². The quantitative estimate of drug-likeness (QED) is 0.767. The largest absolute Gasteiger partial charge is 0.490 e. The maximum Gasteiger partial charge on any atom is 0.161 e. The zero-order valence-electron chi connectivity index (χ0n) is 11.6. The number of nitrogens with one attached hydrogen (secondary N) is 1. The van der Waals surface area contributed by atoms with E-state index in [-0.39, 0.29) is 0 Å². The lowest BCUT2D eigenvalue weighted by Crippen LogP contribution is -2.38. The van der Waals surface area contributed by atoms with Crippen LogP contribution in [0.15, 0.2) is 24.3 Å². The van der Waals surface area contributed by atoms with Gasteiger partial charge in [-0.1, -0.05) is 12.1 Å². The molecule has 1 aliphatic rings. The van der Waals surface area contributed by atoms with E-state index in [9.17, 15) is 0 Å². The Morgan fingerprint density at radius 3 is 2.74 bits per heavy atom. The lowest BCUT2D eigenvalue weighted by atomic mass is 10.1. The smallest absolute Gasteiger partial charge is 0.161 e. The first kappa shape index (κ1) is 14.2. The number of rotatable bonds is 7. The molecule has 0 spiro atoms. The summed E-state index contributed by atoms with van der Waals surface area (Å²) in [6.45, 7) is 5.81. The molecule has 4 heteroatoms. The number of para-hydroxylation sites is 2. The van der Waals surface area contributed by atoms with E-state index >= 15 is 0 Å². The van der Waals surface area contributed by atoms with E-state index in [1.54, 1.807) is 0 Å². The Kier molecular flexibility index (Phi) is 5.98. The van der Waals surface area contributed by atoms with E-state index in [1.807, 2.05) is 31.2 Å². The minimum atomic E-state index is 0.472. The summed E-state index contributed by atoms with van der Waals surface area (Å²) in [7, 11) is 0. The summed E-state index contributed by atoms with van der Waals surface area (Å²) in [5.74, 6) is 1.62. The number of ether oxygens (including phenoxy) is 3. The van der Waals surface area contributed by atoms with E-state index < -0.39 is 0 Å². The fourth-order valence-electron chi connectivity index (χ4n) is 2.17. The molecule has 1 fully saturated rings. The van der Waals surface area contributed by atoms with Crippen molar-refractivity contribution < 1.29 is 14.2 Å². The van der Waals surface area contributed by atoms with Gasteiger partial charge in [0.2, 0.25) is 0 Å². The molecule has 106 valence electrons. The molecule has 1 aliphatic heterocycles. The lowest BCUT2D eigenvalue weighted by molar-refractivity contribution is 0.0692. The summed E-state index contributed by atoms with van der Waals surface area (Å²) in [6, 6.07) is 8.26. The molecule has 1 aromatic rings. The Bertz CT molecular complexity index is 364. The number of hydrogen-bond donors (Lipinski definition) is 1. The van der Waals surface area contributed by atoms with Crippen LogP contribution in [0.1, 0.15) is 19.8 Å². The maximum absolute atomic E-state index is 5.75. The van der Waals surface area contributed by atoms with Crippen LogP contribution in [-0.4, -0.2) is 39.0 Å². The minimum absolute atomic E-state index is 0.472. The molecule has 1 unspecified atom stereocenters. The second kappa shape index (κ2) is 8.02. The normalized spacial score (nSPS) is 19.1. The molecule has 2 rings (SSSR count). The Hall–Kier alpha value is -1.26. The Labute approximate surface area is 115 Å². The van der Waals surface area contributed by atoms with Crippen molar-refractivity contribution in [1.82, 2.24) is 5.32 Å². The van der Waals surface area contributed by atoms with Gasteiger partial charge in [0.25, 0.3) is 0 Å². The van der Waals surface area contributed by atoms with E-state index in [0.717, 1.165) is 37.7 Å². The van der Waals surface area contributed by atoms with Gasteiger partial charge in [-0.3, -0.25) is 0 Å². The van der Waals surface area contributed by atoms with E-state index in [0.29, 0.717) is 19.3 Å². The molecule has 0 amide bonds. The van der Waals surface area contributed by atoms with Crippen LogP contribution in [0.2, 0.25) is 0 Å². The van der Waals surface area contributed by atoms with Crippen LogP contribution >= 0.6 is 0 Å². The standard InChI is InChI=1S/C15H23NO3/c1-2-18-14-7-3-4-8-15(14)19-11-9-16-13-6-5-10-17-12-13/h3-4,7-8,13,16H,2,5-6,9-12H2,1H3. The predicted octanol–water partition coefficient (Wildman–Crippen LogP) is 2.23. The van der Waals surface area contributed by atoms with Gasteiger partial charge in [0.15, 0.2) is 11.5 Å². The van der Waals surface area contributed by atoms with Gasteiger partial charge in [-0.05, 0) is 31.9 Å². The zero-order chi connectivity index (χ0) is 13.3. The Morgan fingerprint density at radius 1 is 1.26 bits per heavy atom. The van der Waals surface area contributed by atoms with Crippen molar-refractivity contribution in [1.29, 1.82) is 0 Å². The van der Waals surface area contributed by atoms with Gasteiger partial charge >= 0.3 is 0 Å². The highest BCUT2D eigenvalue weighted by molar-refractivity contribution is 5.39. The van der Waals surface area contributed by atoms with Crippen LogP contribution in [0, 0.1) is 0 Å². The van der Waals surface area contributed by atoms with E-state index in [1.165, 1.54) is 6.42 Å². The second-order valence-electron chi connectivity index (χ2n) is 4.60. The molecule has 1 aromatic carbocycles. The molecular weight excluding hydrogens is 242 g/mol. The fourth-order valence-corrected chi connectivity index (χ4v) is 2.17. The van der Waals surface area contributed by atoms with Gasteiger partial charge in [0, 0.05) is 19.2 Å².